The van der Waals surface area contributed by atoms with Gasteiger partial charge in [-0.15, -0.1) is 0 Å². The van der Waals surface area contributed by atoms with Crippen molar-refractivity contribution in [3.8, 4) is 17.1 Å². The molecule has 4 heteroatoms. The maximum absolute atomic E-state index is 5.97. The molecule has 0 spiro atoms. The molecule has 4 nitrogen and oxygen atoms in total. The van der Waals surface area contributed by atoms with Gasteiger partial charge in [0, 0.05) is 18.6 Å². The SMILES string of the molecule is CC[n+]1c(C)n(-c2ccccc2)c2ccc(-c3nc4ccccc4o3)cc21. The number of nitrogens with zero attached hydrogens (tertiary/aromatic N) is 3. The number of aromatic nitrogens is 3. The molecule has 0 fully saturated rings. The first-order valence-corrected chi connectivity index (χ1v) is 9.22. The van der Waals surface area contributed by atoms with Crippen LogP contribution in [0.15, 0.2) is 77.2 Å². The molecule has 5 aromatic rings. The molecule has 0 saturated carbocycles. The van der Waals surface area contributed by atoms with Gasteiger partial charge in [-0.05, 0) is 43.3 Å². The summed E-state index contributed by atoms with van der Waals surface area (Å²) >= 11 is 0. The zero-order valence-electron chi connectivity index (χ0n) is 15.4. The minimum absolute atomic E-state index is 0.658. The first kappa shape index (κ1) is 15.8. The summed E-state index contributed by atoms with van der Waals surface area (Å²) in [5.41, 5.74) is 6.22. The lowest BCUT2D eigenvalue weighted by Crippen LogP contribution is -2.34. The fraction of sp³-hybridized carbons (Fsp3) is 0.130. The van der Waals surface area contributed by atoms with Crippen molar-refractivity contribution in [1.82, 2.24) is 9.55 Å². The molecule has 0 radical (unpaired) electrons. The van der Waals surface area contributed by atoms with Crippen molar-refractivity contribution in [3.63, 3.8) is 0 Å². The molecule has 27 heavy (non-hydrogen) atoms. The second-order valence-corrected chi connectivity index (χ2v) is 6.65. The molecule has 0 unspecified atom stereocenters. The number of benzene rings is 3. The largest absolute Gasteiger partial charge is 0.436 e. The van der Waals surface area contributed by atoms with Crippen molar-refractivity contribution in [2.24, 2.45) is 0 Å². The molecule has 0 aliphatic heterocycles. The second-order valence-electron chi connectivity index (χ2n) is 6.65. The summed E-state index contributed by atoms with van der Waals surface area (Å²) in [4.78, 5) is 4.65. The van der Waals surface area contributed by atoms with Crippen LogP contribution in [0.2, 0.25) is 0 Å². The summed E-state index contributed by atoms with van der Waals surface area (Å²) in [5, 5.41) is 0. The summed E-state index contributed by atoms with van der Waals surface area (Å²) in [7, 11) is 0. The highest BCUT2D eigenvalue weighted by Crippen LogP contribution is 2.28. The molecule has 0 saturated heterocycles. The van der Waals surface area contributed by atoms with Crippen molar-refractivity contribution in [2.75, 3.05) is 0 Å². The Morgan fingerprint density at radius 1 is 0.963 bits per heavy atom. The molecule has 3 aromatic carbocycles. The van der Waals surface area contributed by atoms with Crippen LogP contribution in [0.5, 0.6) is 0 Å². The Hall–Kier alpha value is -3.40. The Bertz CT molecular complexity index is 1230. The normalized spacial score (nSPS) is 11.5. The minimum atomic E-state index is 0.658. The Kier molecular flexibility index (Phi) is 3.57. The van der Waals surface area contributed by atoms with Gasteiger partial charge in [0.1, 0.15) is 11.2 Å². The molecule has 0 amide bonds. The van der Waals surface area contributed by atoms with E-state index in [2.05, 4.69) is 70.4 Å². The third-order valence-corrected chi connectivity index (χ3v) is 5.09. The second kappa shape index (κ2) is 6.09. The van der Waals surface area contributed by atoms with Gasteiger partial charge >= 0.3 is 0 Å². The van der Waals surface area contributed by atoms with Crippen molar-refractivity contribution in [1.29, 1.82) is 0 Å². The van der Waals surface area contributed by atoms with E-state index in [1.54, 1.807) is 0 Å². The van der Waals surface area contributed by atoms with Gasteiger partial charge in [0.25, 0.3) is 5.82 Å². The fourth-order valence-corrected chi connectivity index (χ4v) is 3.83. The van der Waals surface area contributed by atoms with Gasteiger partial charge < -0.3 is 4.42 Å². The highest BCUT2D eigenvalue weighted by atomic mass is 16.3. The maximum Gasteiger partial charge on any atom is 0.259 e. The van der Waals surface area contributed by atoms with Crippen LogP contribution in [0.4, 0.5) is 0 Å². The summed E-state index contributed by atoms with van der Waals surface area (Å²) in [6.45, 7) is 5.24. The highest BCUT2D eigenvalue weighted by Gasteiger charge is 2.23. The zero-order chi connectivity index (χ0) is 18.4. The average molecular weight is 354 g/mol. The summed E-state index contributed by atoms with van der Waals surface area (Å²) in [5.74, 6) is 1.86. The standard InChI is InChI=1S/C23H20N3O/c1-3-25-16(2)26(18-9-5-4-6-10-18)20-14-13-17(15-21(20)25)23-24-19-11-7-8-12-22(19)27-23/h4-15H,3H2,1-2H3/q+1. The quantitative estimate of drug-likeness (QED) is 0.425. The van der Waals surface area contributed by atoms with E-state index in [9.17, 15) is 0 Å². The van der Waals surface area contributed by atoms with Crippen LogP contribution in [-0.4, -0.2) is 9.55 Å². The average Bonchev–Trinajstić information content (AvgIpc) is 3.26. The molecule has 5 rings (SSSR count). The lowest BCUT2D eigenvalue weighted by Gasteiger charge is -1.99. The number of imidazole rings is 1. The molecular formula is C23H20N3O+. The van der Waals surface area contributed by atoms with Gasteiger partial charge in [0.2, 0.25) is 5.89 Å². The fourth-order valence-electron chi connectivity index (χ4n) is 3.83. The molecule has 0 aliphatic carbocycles. The van der Waals surface area contributed by atoms with Crippen LogP contribution < -0.4 is 4.57 Å². The van der Waals surface area contributed by atoms with Crippen molar-refractivity contribution < 1.29 is 8.98 Å². The van der Waals surface area contributed by atoms with Crippen LogP contribution in [-0.2, 0) is 6.54 Å². The molecular weight excluding hydrogens is 334 g/mol. The lowest BCUT2D eigenvalue weighted by atomic mass is 10.2. The van der Waals surface area contributed by atoms with Crippen LogP contribution in [0, 0.1) is 6.92 Å². The lowest BCUT2D eigenvalue weighted by molar-refractivity contribution is -0.674. The molecule has 0 bridgehead atoms. The smallest absolute Gasteiger partial charge is 0.259 e. The number of hydrogen-bond donors (Lipinski definition) is 0. The topological polar surface area (TPSA) is 34.8 Å². The van der Waals surface area contributed by atoms with E-state index in [0.717, 1.165) is 23.2 Å². The van der Waals surface area contributed by atoms with Gasteiger partial charge in [-0.2, -0.15) is 4.57 Å². The van der Waals surface area contributed by atoms with Crippen LogP contribution in [0.25, 0.3) is 39.3 Å². The predicted octanol–water partition coefficient (Wildman–Crippen LogP) is 5.05. The van der Waals surface area contributed by atoms with E-state index in [0.29, 0.717) is 5.89 Å². The molecule has 2 aromatic heterocycles. The zero-order valence-corrected chi connectivity index (χ0v) is 15.4. The Balaban J connectivity index is 1.74. The Morgan fingerprint density at radius 3 is 2.52 bits per heavy atom. The third-order valence-electron chi connectivity index (χ3n) is 5.09. The first-order chi connectivity index (χ1) is 13.3. The first-order valence-electron chi connectivity index (χ1n) is 9.22. The van der Waals surface area contributed by atoms with E-state index in [-0.39, 0.29) is 0 Å². The van der Waals surface area contributed by atoms with Crippen molar-refractivity contribution >= 4 is 22.1 Å². The van der Waals surface area contributed by atoms with Gasteiger partial charge in [0.15, 0.2) is 16.6 Å². The molecule has 132 valence electrons. The Labute approximate surface area is 157 Å². The van der Waals surface area contributed by atoms with Gasteiger partial charge in [-0.1, -0.05) is 30.3 Å². The molecule has 0 aliphatic rings. The van der Waals surface area contributed by atoms with Gasteiger partial charge in [0.05, 0.1) is 6.54 Å². The number of oxazole rings is 1. The third kappa shape index (κ3) is 2.45. The number of fused-ring (bicyclic) bond motifs is 2. The van der Waals surface area contributed by atoms with Crippen LogP contribution in [0.1, 0.15) is 12.7 Å². The Morgan fingerprint density at radius 2 is 1.74 bits per heavy atom. The number of hydrogen-bond acceptors (Lipinski definition) is 2. The molecule has 0 N–H and O–H groups in total. The monoisotopic (exact) mass is 354 g/mol. The van der Waals surface area contributed by atoms with Gasteiger partial charge in [-0.25, -0.2) is 9.55 Å². The minimum Gasteiger partial charge on any atom is -0.436 e. The molecule has 0 atom stereocenters. The van der Waals surface area contributed by atoms with E-state index in [4.69, 9.17) is 4.42 Å². The summed E-state index contributed by atoms with van der Waals surface area (Å²) < 4.78 is 10.6. The van der Waals surface area contributed by atoms with E-state index >= 15 is 0 Å². The number of aryl methyl sites for hydroxylation is 1. The predicted molar refractivity (Wildman–Crippen MR) is 107 cm³/mol. The number of para-hydroxylation sites is 3. The van der Waals surface area contributed by atoms with Crippen LogP contribution >= 0.6 is 0 Å². The van der Waals surface area contributed by atoms with Crippen molar-refractivity contribution in [3.05, 3.63) is 78.6 Å². The van der Waals surface area contributed by atoms with Gasteiger partial charge in [-0.3, -0.25) is 0 Å². The number of rotatable bonds is 3. The maximum atomic E-state index is 5.97. The van der Waals surface area contributed by atoms with E-state index < -0.39 is 0 Å². The van der Waals surface area contributed by atoms with E-state index in [1.165, 1.54) is 22.5 Å². The van der Waals surface area contributed by atoms with Crippen molar-refractivity contribution in [2.45, 2.75) is 20.4 Å². The molecule has 2 heterocycles. The van der Waals surface area contributed by atoms with E-state index in [1.807, 2.05) is 30.3 Å². The highest BCUT2D eigenvalue weighted by molar-refractivity contribution is 5.82. The van der Waals surface area contributed by atoms with Crippen LogP contribution in [0.3, 0.4) is 0 Å². The summed E-state index contributed by atoms with van der Waals surface area (Å²) in [6.07, 6.45) is 0. The summed E-state index contributed by atoms with van der Waals surface area (Å²) in [6, 6.07) is 24.8.